The average molecular weight is 333 g/mol. The Morgan fingerprint density at radius 1 is 0.920 bits per heavy atom. The summed E-state index contributed by atoms with van der Waals surface area (Å²) >= 11 is 0. The molecule has 0 aliphatic heterocycles. The highest BCUT2D eigenvalue weighted by atomic mass is 16.3. The van der Waals surface area contributed by atoms with E-state index >= 15 is 0 Å². The molecule has 0 aliphatic rings. The van der Waals surface area contributed by atoms with Crippen LogP contribution >= 0.6 is 0 Å². The van der Waals surface area contributed by atoms with Crippen LogP contribution in [0.2, 0.25) is 0 Å². The van der Waals surface area contributed by atoms with Crippen LogP contribution in [-0.4, -0.2) is 28.2 Å². The molecule has 0 spiro atoms. The molecule has 2 N–H and O–H groups in total. The highest BCUT2D eigenvalue weighted by Gasteiger charge is 2.09. The van der Waals surface area contributed by atoms with Crippen molar-refractivity contribution in [2.24, 2.45) is 5.92 Å². The van der Waals surface area contributed by atoms with E-state index in [9.17, 15) is 5.11 Å². The van der Waals surface area contributed by atoms with Crippen molar-refractivity contribution in [3.05, 3.63) is 84.3 Å². The third-order valence-corrected chi connectivity index (χ3v) is 4.13. The number of nitrogens with zero attached hydrogens (tertiary/aromatic N) is 2. The van der Waals surface area contributed by atoms with Gasteiger partial charge in [0, 0.05) is 43.3 Å². The molecular weight excluding hydrogens is 310 g/mol. The zero-order valence-electron chi connectivity index (χ0n) is 14.2. The van der Waals surface area contributed by atoms with Gasteiger partial charge in [-0.3, -0.25) is 9.97 Å². The van der Waals surface area contributed by atoms with Crippen LogP contribution in [0.1, 0.15) is 11.3 Å². The van der Waals surface area contributed by atoms with Crippen LogP contribution in [0.4, 0.5) is 0 Å². The lowest BCUT2D eigenvalue weighted by Crippen LogP contribution is -2.26. The minimum Gasteiger partial charge on any atom is -0.396 e. The summed E-state index contributed by atoms with van der Waals surface area (Å²) < 4.78 is 0. The van der Waals surface area contributed by atoms with E-state index < -0.39 is 0 Å². The Morgan fingerprint density at radius 2 is 1.76 bits per heavy atom. The van der Waals surface area contributed by atoms with E-state index in [1.165, 1.54) is 5.56 Å². The third-order valence-electron chi connectivity index (χ3n) is 4.13. The highest BCUT2D eigenvalue weighted by Crippen LogP contribution is 2.17. The molecule has 1 aromatic carbocycles. The molecule has 1 atom stereocenters. The van der Waals surface area contributed by atoms with Crippen LogP contribution in [0.15, 0.2) is 73.1 Å². The predicted molar refractivity (Wildman–Crippen MR) is 99.9 cm³/mol. The van der Waals surface area contributed by atoms with Gasteiger partial charge in [-0.05, 0) is 48.2 Å². The van der Waals surface area contributed by atoms with Crippen LogP contribution in [0.5, 0.6) is 0 Å². The van der Waals surface area contributed by atoms with Gasteiger partial charge >= 0.3 is 0 Å². The molecule has 0 fully saturated rings. The van der Waals surface area contributed by atoms with Crippen molar-refractivity contribution in [3.8, 4) is 11.3 Å². The van der Waals surface area contributed by atoms with Gasteiger partial charge in [0.05, 0.1) is 5.69 Å². The number of benzene rings is 1. The molecule has 128 valence electrons. The quantitative estimate of drug-likeness (QED) is 0.665. The van der Waals surface area contributed by atoms with Gasteiger partial charge in [-0.2, -0.15) is 0 Å². The van der Waals surface area contributed by atoms with Gasteiger partial charge < -0.3 is 10.4 Å². The first kappa shape index (κ1) is 17.3. The standard InChI is InChI=1S/C21H23N3O/c25-16-18(13-20-8-1-3-10-23-20)15-22-14-17-6-5-7-19(12-17)21-9-2-4-11-24-21/h1-12,18,22,25H,13-16H2. The fourth-order valence-electron chi connectivity index (χ4n) is 2.81. The maximum absolute atomic E-state index is 9.60. The first-order valence-corrected chi connectivity index (χ1v) is 8.57. The van der Waals surface area contributed by atoms with Crippen LogP contribution in [-0.2, 0) is 13.0 Å². The fourth-order valence-corrected chi connectivity index (χ4v) is 2.81. The first-order chi connectivity index (χ1) is 12.3. The summed E-state index contributed by atoms with van der Waals surface area (Å²) in [6, 6.07) is 20.2. The van der Waals surface area contributed by atoms with Gasteiger partial charge in [0.15, 0.2) is 0 Å². The molecule has 3 aromatic rings. The number of rotatable bonds is 8. The topological polar surface area (TPSA) is 58.0 Å². The van der Waals surface area contributed by atoms with E-state index in [1.807, 2.05) is 42.6 Å². The van der Waals surface area contributed by atoms with E-state index in [1.54, 1.807) is 6.20 Å². The molecule has 0 bridgehead atoms. The van der Waals surface area contributed by atoms with Crippen LogP contribution in [0.25, 0.3) is 11.3 Å². The van der Waals surface area contributed by atoms with Gasteiger partial charge in [-0.25, -0.2) is 0 Å². The van der Waals surface area contributed by atoms with Crippen molar-refractivity contribution in [1.82, 2.24) is 15.3 Å². The molecule has 2 aromatic heterocycles. The monoisotopic (exact) mass is 333 g/mol. The maximum Gasteiger partial charge on any atom is 0.0702 e. The lowest BCUT2D eigenvalue weighted by atomic mass is 10.0. The van der Waals surface area contributed by atoms with Gasteiger partial charge in [-0.1, -0.05) is 30.3 Å². The zero-order valence-corrected chi connectivity index (χ0v) is 14.2. The second-order valence-corrected chi connectivity index (χ2v) is 6.12. The van der Waals surface area contributed by atoms with Gasteiger partial charge in [0.2, 0.25) is 0 Å². The van der Waals surface area contributed by atoms with Gasteiger partial charge in [0.25, 0.3) is 0 Å². The molecule has 0 amide bonds. The van der Waals surface area contributed by atoms with E-state index in [4.69, 9.17) is 0 Å². The SMILES string of the molecule is OCC(CNCc1cccc(-c2ccccn2)c1)Cc1ccccn1. The van der Waals surface area contributed by atoms with Crippen molar-refractivity contribution >= 4 is 0 Å². The lowest BCUT2D eigenvalue weighted by molar-refractivity contribution is 0.220. The second-order valence-electron chi connectivity index (χ2n) is 6.12. The minimum atomic E-state index is 0.150. The fraction of sp³-hybridized carbons (Fsp3) is 0.238. The molecule has 25 heavy (non-hydrogen) atoms. The number of hydrogen-bond donors (Lipinski definition) is 2. The van der Waals surface area contributed by atoms with Crippen molar-refractivity contribution < 1.29 is 5.11 Å². The zero-order chi connectivity index (χ0) is 17.3. The molecular formula is C21H23N3O. The van der Waals surface area contributed by atoms with Crippen LogP contribution < -0.4 is 5.32 Å². The van der Waals surface area contributed by atoms with E-state index in [2.05, 4.69) is 39.6 Å². The third kappa shape index (κ3) is 5.21. The molecule has 2 heterocycles. The number of hydrogen-bond acceptors (Lipinski definition) is 4. The van der Waals surface area contributed by atoms with Crippen molar-refractivity contribution in [1.29, 1.82) is 0 Å². The largest absolute Gasteiger partial charge is 0.396 e. The summed E-state index contributed by atoms with van der Waals surface area (Å²) in [7, 11) is 0. The van der Waals surface area contributed by atoms with Crippen molar-refractivity contribution in [2.45, 2.75) is 13.0 Å². The Bertz CT molecular complexity index is 762. The normalized spacial score (nSPS) is 12.0. The molecule has 0 saturated heterocycles. The Morgan fingerprint density at radius 3 is 2.48 bits per heavy atom. The maximum atomic E-state index is 9.60. The second kappa shape index (κ2) is 9.06. The van der Waals surface area contributed by atoms with Crippen molar-refractivity contribution in [3.63, 3.8) is 0 Å². The number of nitrogens with one attached hydrogen (secondary N) is 1. The number of aromatic nitrogens is 2. The van der Waals surface area contributed by atoms with E-state index in [0.29, 0.717) is 0 Å². The predicted octanol–water partition coefficient (Wildman–Crippen LogP) is 3.08. The Labute approximate surface area is 148 Å². The lowest BCUT2D eigenvalue weighted by Gasteiger charge is -2.15. The number of pyridine rings is 2. The molecule has 0 radical (unpaired) electrons. The first-order valence-electron chi connectivity index (χ1n) is 8.57. The Balaban J connectivity index is 1.54. The molecule has 0 aliphatic carbocycles. The summed E-state index contributed by atoms with van der Waals surface area (Å²) in [5.41, 5.74) is 4.32. The van der Waals surface area contributed by atoms with E-state index in [-0.39, 0.29) is 12.5 Å². The minimum absolute atomic E-state index is 0.150. The summed E-state index contributed by atoms with van der Waals surface area (Å²) in [6.07, 6.45) is 4.38. The molecule has 1 unspecified atom stereocenters. The Hall–Kier alpha value is -2.56. The van der Waals surface area contributed by atoms with Gasteiger partial charge in [-0.15, -0.1) is 0 Å². The number of aliphatic hydroxyl groups excluding tert-OH is 1. The summed E-state index contributed by atoms with van der Waals surface area (Å²) in [5, 5.41) is 13.0. The van der Waals surface area contributed by atoms with E-state index in [0.717, 1.165) is 36.5 Å². The smallest absolute Gasteiger partial charge is 0.0702 e. The highest BCUT2D eigenvalue weighted by molar-refractivity contribution is 5.59. The van der Waals surface area contributed by atoms with Crippen LogP contribution in [0.3, 0.4) is 0 Å². The van der Waals surface area contributed by atoms with Crippen LogP contribution in [0, 0.1) is 5.92 Å². The van der Waals surface area contributed by atoms with Gasteiger partial charge in [0.1, 0.15) is 0 Å². The summed E-state index contributed by atoms with van der Waals surface area (Å²) in [5.74, 6) is 0.161. The number of aliphatic hydroxyl groups is 1. The average Bonchev–Trinajstić information content (AvgIpc) is 2.69. The molecule has 3 rings (SSSR count). The van der Waals surface area contributed by atoms with Crippen molar-refractivity contribution in [2.75, 3.05) is 13.2 Å². The summed E-state index contributed by atoms with van der Waals surface area (Å²) in [4.78, 5) is 8.73. The summed E-state index contributed by atoms with van der Waals surface area (Å²) in [6.45, 7) is 1.66. The molecule has 0 saturated carbocycles. The molecule has 4 nitrogen and oxygen atoms in total. The molecule has 4 heteroatoms. The Kier molecular flexibility index (Phi) is 6.26.